The number of carbonyl (C=O) groups excluding carboxylic acids is 1. The molecule has 5 heteroatoms. The highest BCUT2D eigenvalue weighted by molar-refractivity contribution is 9.10. The lowest BCUT2D eigenvalue weighted by atomic mass is 10.1. The van der Waals surface area contributed by atoms with Crippen molar-refractivity contribution < 1.29 is 9.90 Å². The Morgan fingerprint density at radius 1 is 1.44 bits per heavy atom. The third kappa shape index (κ3) is 6.14. The third-order valence-electron chi connectivity index (χ3n) is 2.41. The number of hydrogen-bond acceptors (Lipinski definition) is 3. The van der Waals surface area contributed by atoms with E-state index in [1.54, 1.807) is 6.92 Å². The molecular formula is C13H19BrN2O2. The molecule has 0 fully saturated rings. The molecule has 1 rings (SSSR count). The maximum atomic E-state index is 11.7. The molecule has 0 aromatic heterocycles. The highest BCUT2D eigenvalue weighted by Crippen LogP contribution is 2.15. The highest BCUT2D eigenvalue weighted by Gasteiger charge is 2.08. The number of hydrogen-bond donors (Lipinski definition) is 3. The minimum absolute atomic E-state index is 0.0921. The summed E-state index contributed by atoms with van der Waals surface area (Å²) in [4.78, 5) is 11.7. The molecule has 4 nitrogen and oxygen atoms in total. The average Bonchev–Trinajstić information content (AvgIpc) is 2.25. The zero-order valence-electron chi connectivity index (χ0n) is 10.6. The van der Waals surface area contributed by atoms with Gasteiger partial charge in [0.1, 0.15) is 0 Å². The van der Waals surface area contributed by atoms with Gasteiger partial charge in [-0.1, -0.05) is 22.0 Å². The number of nitrogens with one attached hydrogen (secondary N) is 2. The Kier molecular flexibility index (Phi) is 6.32. The average molecular weight is 315 g/mol. The molecule has 0 aliphatic carbocycles. The van der Waals surface area contributed by atoms with Crippen LogP contribution in [0.15, 0.2) is 28.7 Å². The van der Waals surface area contributed by atoms with Crippen molar-refractivity contribution in [3.05, 3.63) is 28.7 Å². The van der Waals surface area contributed by atoms with Gasteiger partial charge in [-0.2, -0.15) is 0 Å². The summed E-state index contributed by atoms with van der Waals surface area (Å²) in [5.41, 5.74) is 0.763. The molecule has 0 saturated heterocycles. The molecule has 3 N–H and O–H groups in total. The van der Waals surface area contributed by atoms with Crippen molar-refractivity contribution in [2.24, 2.45) is 0 Å². The Bertz CT molecular complexity index is 396. The Morgan fingerprint density at radius 2 is 2.17 bits per heavy atom. The number of anilines is 1. The molecule has 0 saturated carbocycles. The summed E-state index contributed by atoms with van der Waals surface area (Å²) in [5, 5.41) is 15.1. The highest BCUT2D eigenvalue weighted by atomic mass is 79.9. The topological polar surface area (TPSA) is 61.4 Å². The van der Waals surface area contributed by atoms with Gasteiger partial charge in [0.25, 0.3) is 0 Å². The summed E-state index contributed by atoms with van der Waals surface area (Å²) < 4.78 is 0.927. The van der Waals surface area contributed by atoms with E-state index < -0.39 is 0 Å². The molecule has 0 bridgehead atoms. The van der Waals surface area contributed by atoms with Gasteiger partial charge in [0.2, 0.25) is 5.91 Å². The molecule has 0 heterocycles. The number of rotatable bonds is 6. The number of amides is 1. The first-order valence-electron chi connectivity index (χ1n) is 5.94. The van der Waals surface area contributed by atoms with E-state index in [-0.39, 0.29) is 24.6 Å². The first kappa shape index (κ1) is 15.1. The summed E-state index contributed by atoms with van der Waals surface area (Å²) in [6.07, 6.45) is 0.269. The first-order valence-corrected chi connectivity index (χ1v) is 6.73. The fraction of sp³-hybridized carbons (Fsp3) is 0.462. The van der Waals surface area contributed by atoms with Crippen LogP contribution in [0.3, 0.4) is 0 Å². The quantitative estimate of drug-likeness (QED) is 0.754. The fourth-order valence-electron chi connectivity index (χ4n) is 1.63. The fourth-order valence-corrected chi connectivity index (χ4v) is 2.03. The SMILES string of the molecule is CC(O)CC(C)NCC(=O)Nc1cccc(Br)c1. The summed E-state index contributed by atoms with van der Waals surface area (Å²) in [6, 6.07) is 7.55. The van der Waals surface area contributed by atoms with Crippen molar-refractivity contribution in [1.29, 1.82) is 0 Å². The van der Waals surface area contributed by atoms with Crippen LogP contribution in [0.4, 0.5) is 5.69 Å². The minimum Gasteiger partial charge on any atom is -0.393 e. The zero-order valence-corrected chi connectivity index (χ0v) is 12.2. The lowest BCUT2D eigenvalue weighted by Gasteiger charge is -2.15. The van der Waals surface area contributed by atoms with E-state index in [9.17, 15) is 9.90 Å². The van der Waals surface area contributed by atoms with Gasteiger partial charge in [-0.25, -0.2) is 0 Å². The van der Waals surface area contributed by atoms with Crippen LogP contribution < -0.4 is 10.6 Å². The normalized spacial score (nSPS) is 14.0. The van der Waals surface area contributed by atoms with Crippen LogP contribution in [-0.2, 0) is 4.79 Å². The summed E-state index contributed by atoms with van der Waals surface area (Å²) in [7, 11) is 0. The second-order valence-corrected chi connectivity index (χ2v) is 5.34. The number of benzene rings is 1. The van der Waals surface area contributed by atoms with Crippen molar-refractivity contribution >= 4 is 27.5 Å². The summed E-state index contributed by atoms with van der Waals surface area (Å²) in [6.45, 7) is 3.92. The van der Waals surface area contributed by atoms with Gasteiger partial charge < -0.3 is 15.7 Å². The molecule has 1 amide bonds. The molecule has 18 heavy (non-hydrogen) atoms. The van der Waals surface area contributed by atoms with Crippen LogP contribution in [0.2, 0.25) is 0 Å². The van der Waals surface area contributed by atoms with Crippen LogP contribution in [-0.4, -0.2) is 29.7 Å². The van der Waals surface area contributed by atoms with Crippen molar-refractivity contribution in [1.82, 2.24) is 5.32 Å². The van der Waals surface area contributed by atoms with Gasteiger partial charge in [0.05, 0.1) is 12.6 Å². The lowest BCUT2D eigenvalue weighted by Crippen LogP contribution is -2.36. The van der Waals surface area contributed by atoms with E-state index >= 15 is 0 Å². The van der Waals surface area contributed by atoms with E-state index in [2.05, 4.69) is 26.6 Å². The van der Waals surface area contributed by atoms with Crippen LogP contribution in [0.1, 0.15) is 20.3 Å². The van der Waals surface area contributed by atoms with Crippen molar-refractivity contribution in [2.75, 3.05) is 11.9 Å². The van der Waals surface area contributed by atoms with E-state index in [1.807, 2.05) is 31.2 Å². The van der Waals surface area contributed by atoms with Crippen molar-refractivity contribution in [2.45, 2.75) is 32.4 Å². The molecule has 0 spiro atoms. The lowest BCUT2D eigenvalue weighted by molar-refractivity contribution is -0.115. The Labute approximate surface area is 116 Å². The summed E-state index contributed by atoms with van der Waals surface area (Å²) >= 11 is 3.35. The predicted octanol–water partition coefficient (Wildman–Crippen LogP) is 2.14. The van der Waals surface area contributed by atoms with Crippen LogP contribution in [0.25, 0.3) is 0 Å². The van der Waals surface area contributed by atoms with E-state index in [0.717, 1.165) is 10.2 Å². The van der Waals surface area contributed by atoms with Crippen molar-refractivity contribution in [3.8, 4) is 0 Å². The number of halogens is 1. The predicted molar refractivity (Wildman–Crippen MR) is 76.5 cm³/mol. The third-order valence-corrected chi connectivity index (χ3v) is 2.91. The standard InChI is InChI=1S/C13H19BrN2O2/c1-9(6-10(2)17)15-8-13(18)16-12-5-3-4-11(14)7-12/h3-5,7,9-10,15,17H,6,8H2,1-2H3,(H,16,18). The number of aliphatic hydroxyl groups is 1. The summed E-state index contributed by atoms with van der Waals surface area (Å²) in [5.74, 6) is -0.0921. The molecule has 2 atom stereocenters. The van der Waals surface area contributed by atoms with E-state index in [1.165, 1.54) is 0 Å². The van der Waals surface area contributed by atoms with Gasteiger partial charge in [0.15, 0.2) is 0 Å². The van der Waals surface area contributed by atoms with Gasteiger partial charge >= 0.3 is 0 Å². The molecule has 0 aliphatic rings. The Hall–Kier alpha value is -0.910. The number of carbonyl (C=O) groups is 1. The smallest absolute Gasteiger partial charge is 0.238 e. The van der Waals surface area contributed by atoms with Crippen LogP contribution in [0, 0.1) is 0 Å². The van der Waals surface area contributed by atoms with E-state index in [4.69, 9.17) is 0 Å². The molecule has 0 radical (unpaired) electrons. The second kappa shape index (κ2) is 7.51. The molecular weight excluding hydrogens is 296 g/mol. The van der Waals surface area contributed by atoms with Gasteiger partial charge in [-0.05, 0) is 38.5 Å². The van der Waals surface area contributed by atoms with Crippen molar-refractivity contribution in [3.63, 3.8) is 0 Å². The van der Waals surface area contributed by atoms with Crippen LogP contribution in [0.5, 0.6) is 0 Å². The zero-order chi connectivity index (χ0) is 13.5. The molecule has 2 unspecified atom stereocenters. The second-order valence-electron chi connectivity index (χ2n) is 4.43. The van der Waals surface area contributed by atoms with Gasteiger partial charge in [-0.15, -0.1) is 0 Å². The Morgan fingerprint density at radius 3 is 2.78 bits per heavy atom. The molecule has 1 aromatic rings. The van der Waals surface area contributed by atoms with Gasteiger partial charge in [0, 0.05) is 16.2 Å². The Balaban J connectivity index is 2.34. The first-order chi connectivity index (χ1) is 8.47. The van der Waals surface area contributed by atoms with E-state index in [0.29, 0.717) is 6.42 Å². The largest absolute Gasteiger partial charge is 0.393 e. The maximum Gasteiger partial charge on any atom is 0.238 e. The molecule has 100 valence electrons. The monoisotopic (exact) mass is 314 g/mol. The molecule has 1 aromatic carbocycles. The number of aliphatic hydroxyl groups excluding tert-OH is 1. The minimum atomic E-state index is -0.361. The molecule has 0 aliphatic heterocycles. The van der Waals surface area contributed by atoms with Gasteiger partial charge in [-0.3, -0.25) is 4.79 Å². The van der Waals surface area contributed by atoms with Crippen LogP contribution >= 0.6 is 15.9 Å². The maximum absolute atomic E-state index is 11.7.